The Morgan fingerprint density at radius 1 is 1.19 bits per heavy atom. The van der Waals surface area contributed by atoms with Crippen molar-refractivity contribution in [2.45, 2.75) is 6.92 Å². The predicted molar refractivity (Wildman–Crippen MR) is 100 cm³/mol. The first kappa shape index (κ1) is 18.7. The number of ether oxygens (including phenoxy) is 3. The third-order valence-corrected chi connectivity index (χ3v) is 4.05. The summed E-state index contributed by atoms with van der Waals surface area (Å²) in [6, 6.07) is 10.2. The Labute approximate surface area is 160 Å². The highest BCUT2D eigenvalue weighted by Crippen LogP contribution is 2.30. The van der Waals surface area contributed by atoms with Gasteiger partial charge in [0.1, 0.15) is 11.6 Å². The first-order valence-corrected chi connectivity index (χ1v) is 8.56. The van der Waals surface area contributed by atoms with Crippen molar-refractivity contribution < 1.29 is 23.8 Å². The molecule has 1 aromatic heterocycles. The minimum absolute atomic E-state index is 0.214. The second kappa shape index (κ2) is 8.09. The summed E-state index contributed by atoms with van der Waals surface area (Å²) in [4.78, 5) is 30.7. The summed E-state index contributed by atoms with van der Waals surface area (Å²) >= 11 is 6.24. The maximum Gasteiger partial charge on any atom is 0.344 e. The number of benzene rings is 2. The van der Waals surface area contributed by atoms with Crippen molar-refractivity contribution in [3.05, 3.63) is 47.0 Å². The van der Waals surface area contributed by atoms with E-state index in [0.717, 1.165) is 5.56 Å². The number of rotatable bonds is 6. The number of fused-ring (bicyclic) bond motifs is 1. The van der Waals surface area contributed by atoms with Gasteiger partial charge >= 0.3 is 11.9 Å². The molecule has 0 atom stereocenters. The number of carbonyl (C=O) groups is 2. The molecule has 3 aromatic rings. The van der Waals surface area contributed by atoms with E-state index in [2.05, 4.69) is 9.97 Å². The summed E-state index contributed by atoms with van der Waals surface area (Å²) in [7, 11) is 1.33. The number of esters is 2. The van der Waals surface area contributed by atoms with Gasteiger partial charge in [0.2, 0.25) is 0 Å². The summed E-state index contributed by atoms with van der Waals surface area (Å²) in [5.41, 5.74) is 2.57. The average molecular weight is 389 g/mol. The Kier molecular flexibility index (Phi) is 5.61. The van der Waals surface area contributed by atoms with E-state index in [1.54, 1.807) is 43.3 Å². The number of aromatic amines is 1. The van der Waals surface area contributed by atoms with Crippen LogP contribution in [0.25, 0.3) is 22.4 Å². The van der Waals surface area contributed by atoms with Crippen molar-refractivity contribution in [1.82, 2.24) is 9.97 Å². The van der Waals surface area contributed by atoms with Crippen molar-refractivity contribution in [2.75, 3.05) is 20.3 Å². The molecule has 0 saturated carbocycles. The lowest BCUT2D eigenvalue weighted by Crippen LogP contribution is -2.14. The molecule has 0 fully saturated rings. The fourth-order valence-electron chi connectivity index (χ4n) is 2.50. The monoisotopic (exact) mass is 388 g/mol. The summed E-state index contributed by atoms with van der Waals surface area (Å²) < 4.78 is 14.9. The van der Waals surface area contributed by atoms with Gasteiger partial charge in [-0.3, -0.25) is 0 Å². The quantitative estimate of drug-likeness (QED) is 0.649. The molecule has 0 aliphatic carbocycles. The molecule has 0 radical (unpaired) electrons. The third kappa shape index (κ3) is 4.20. The molecule has 7 nitrogen and oxygen atoms in total. The van der Waals surface area contributed by atoms with E-state index in [1.165, 1.54) is 7.11 Å². The van der Waals surface area contributed by atoms with E-state index in [1.807, 2.05) is 0 Å². The van der Waals surface area contributed by atoms with Crippen LogP contribution >= 0.6 is 11.6 Å². The van der Waals surface area contributed by atoms with Gasteiger partial charge in [0.25, 0.3) is 0 Å². The van der Waals surface area contributed by atoms with Gasteiger partial charge in [-0.2, -0.15) is 0 Å². The maximum absolute atomic E-state index is 11.6. The van der Waals surface area contributed by atoms with Crippen molar-refractivity contribution in [3.63, 3.8) is 0 Å². The Balaban J connectivity index is 1.82. The number of nitrogens with zero attached hydrogens (tertiary/aromatic N) is 1. The first-order valence-electron chi connectivity index (χ1n) is 8.18. The molecule has 8 heteroatoms. The Morgan fingerprint density at radius 3 is 2.70 bits per heavy atom. The standard InChI is InChI=1S/C19H17ClN2O5/c1-3-26-17(23)10-27-16-7-5-11(8-13(16)20)18-21-14-6-4-12(19(24)25-2)9-15(14)22-18/h4-9H,3,10H2,1-2H3,(H,21,22). The zero-order valence-corrected chi connectivity index (χ0v) is 15.5. The number of nitrogens with one attached hydrogen (secondary N) is 1. The summed E-state index contributed by atoms with van der Waals surface area (Å²) in [5, 5.41) is 0.340. The van der Waals surface area contributed by atoms with Crippen LogP contribution < -0.4 is 4.74 Å². The second-order valence-corrected chi connectivity index (χ2v) is 5.96. The van der Waals surface area contributed by atoms with Crippen LogP contribution in [-0.4, -0.2) is 42.2 Å². The van der Waals surface area contributed by atoms with E-state index in [4.69, 9.17) is 25.8 Å². The molecule has 140 valence electrons. The van der Waals surface area contributed by atoms with Crippen LogP contribution in [0.3, 0.4) is 0 Å². The van der Waals surface area contributed by atoms with E-state index in [0.29, 0.717) is 39.8 Å². The molecular weight excluding hydrogens is 372 g/mol. The zero-order valence-electron chi connectivity index (χ0n) is 14.7. The molecule has 0 saturated heterocycles. The topological polar surface area (TPSA) is 90.5 Å². The summed E-state index contributed by atoms with van der Waals surface area (Å²) in [6.07, 6.45) is 0. The molecule has 0 amide bonds. The Hall–Kier alpha value is -3.06. The van der Waals surface area contributed by atoms with Gasteiger partial charge in [0.15, 0.2) is 6.61 Å². The minimum atomic E-state index is -0.462. The van der Waals surface area contributed by atoms with Gasteiger partial charge in [0, 0.05) is 5.56 Å². The molecule has 1 N–H and O–H groups in total. The highest BCUT2D eigenvalue weighted by Gasteiger charge is 2.12. The van der Waals surface area contributed by atoms with E-state index < -0.39 is 11.9 Å². The predicted octanol–water partition coefficient (Wildman–Crippen LogP) is 3.61. The Morgan fingerprint density at radius 2 is 2.00 bits per heavy atom. The molecule has 0 bridgehead atoms. The second-order valence-electron chi connectivity index (χ2n) is 5.55. The minimum Gasteiger partial charge on any atom is -0.480 e. The number of imidazole rings is 1. The zero-order chi connectivity index (χ0) is 19.4. The average Bonchev–Trinajstić information content (AvgIpc) is 3.09. The van der Waals surface area contributed by atoms with Crippen LogP contribution in [0.15, 0.2) is 36.4 Å². The lowest BCUT2D eigenvalue weighted by Gasteiger charge is -2.08. The lowest BCUT2D eigenvalue weighted by atomic mass is 10.2. The molecule has 0 unspecified atom stereocenters. The summed E-state index contributed by atoms with van der Waals surface area (Å²) in [6.45, 7) is 1.80. The number of H-pyrrole nitrogens is 1. The van der Waals surface area contributed by atoms with Crippen LogP contribution in [0.1, 0.15) is 17.3 Å². The van der Waals surface area contributed by atoms with Crippen LogP contribution in [0, 0.1) is 0 Å². The van der Waals surface area contributed by atoms with E-state index in [-0.39, 0.29) is 6.61 Å². The van der Waals surface area contributed by atoms with Crippen LogP contribution in [0.5, 0.6) is 5.75 Å². The molecule has 0 spiro atoms. The maximum atomic E-state index is 11.6. The fourth-order valence-corrected chi connectivity index (χ4v) is 2.73. The van der Waals surface area contributed by atoms with Crippen LogP contribution in [0.4, 0.5) is 0 Å². The smallest absolute Gasteiger partial charge is 0.344 e. The van der Waals surface area contributed by atoms with Crippen molar-refractivity contribution in [2.24, 2.45) is 0 Å². The number of carbonyl (C=O) groups excluding carboxylic acids is 2. The molecule has 1 heterocycles. The molecule has 0 aliphatic heterocycles. The Bertz CT molecular complexity index is 999. The van der Waals surface area contributed by atoms with E-state index >= 15 is 0 Å². The van der Waals surface area contributed by atoms with Crippen molar-refractivity contribution >= 4 is 34.6 Å². The van der Waals surface area contributed by atoms with Gasteiger partial charge in [-0.25, -0.2) is 14.6 Å². The molecule has 3 rings (SSSR count). The SMILES string of the molecule is CCOC(=O)COc1ccc(-c2nc3ccc(C(=O)OC)cc3[nH]2)cc1Cl. The molecule has 27 heavy (non-hydrogen) atoms. The highest BCUT2D eigenvalue weighted by molar-refractivity contribution is 6.32. The normalized spacial score (nSPS) is 10.6. The molecule has 0 aliphatic rings. The van der Waals surface area contributed by atoms with Crippen molar-refractivity contribution in [3.8, 4) is 17.1 Å². The fraction of sp³-hybridized carbons (Fsp3) is 0.211. The first-order chi connectivity index (χ1) is 13.0. The third-order valence-electron chi connectivity index (χ3n) is 3.76. The summed E-state index contributed by atoms with van der Waals surface area (Å²) in [5.74, 6) is 0.0824. The number of hydrogen-bond donors (Lipinski definition) is 1. The number of aromatic nitrogens is 2. The lowest BCUT2D eigenvalue weighted by molar-refractivity contribution is -0.145. The van der Waals surface area contributed by atoms with Gasteiger partial charge in [-0.1, -0.05) is 11.6 Å². The highest BCUT2D eigenvalue weighted by atomic mass is 35.5. The van der Waals surface area contributed by atoms with E-state index in [9.17, 15) is 9.59 Å². The van der Waals surface area contributed by atoms with Crippen molar-refractivity contribution in [1.29, 1.82) is 0 Å². The van der Waals surface area contributed by atoms with Gasteiger partial charge < -0.3 is 19.2 Å². The molecular formula is C19H17ClN2O5. The van der Waals surface area contributed by atoms with Gasteiger partial charge in [-0.05, 0) is 43.3 Å². The van der Waals surface area contributed by atoms with Gasteiger partial charge in [0.05, 0.1) is 35.3 Å². The largest absolute Gasteiger partial charge is 0.480 e. The number of halogens is 1. The number of hydrogen-bond acceptors (Lipinski definition) is 6. The molecule has 2 aromatic carbocycles. The van der Waals surface area contributed by atoms with Gasteiger partial charge in [-0.15, -0.1) is 0 Å². The van der Waals surface area contributed by atoms with Crippen LogP contribution in [0.2, 0.25) is 5.02 Å². The number of methoxy groups -OCH3 is 1. The van der Waals surface area contributed by atoms with Crippen LogP contribution in [-0.2, 0) is 14.3 Å².